The number of hydrogen-bond donors (Lipinski definition) is 2. The molecular weight excluding hydrogens is 226 g/mol. The summed E-state index contributed by atoms with van der Waals surface area (Å²) in [7, 11) is 1.80. The number of rotatable bonds is 5. The molecule has 0 bridgehead atoms. The van der Waals surface area contributed by atoms with Gasteiger partial charge in [-0.05, 0) is 24.1 Å². The highest BCUT2D eigenvalue weighted by Gasteiger charge is 2.02. The molecule has 0 spiro atoms. The minimum Gasteiger partial charge on any atom is -0.364 e. The van der Waals surface area contributed by atoms with Gasteiger partial charge < -0.3 is 10.6 Å². The van der Waals surface area contributed by atoms with Crippen LogP contribution in [0.15, 0.2) is 30.6 Å². The van der Waals surface area contributed by atoms with Gasteiger partial charge in [0.1, 0.15) is 5.82 Å². The van der Waals surface area contributed by atoms with Crippen LogP contribution in [0.4, 0.5) is 11.8 Å². The van der Waals surface area contributed by atoms with E-state index in [1.54, 1.807) is 13.2 Å². The van der Waals surface area contributed by atoms with Crippen molar-refractivity contribution in [1.29, 1.82) is 0 Å². The molecule has 0 saturated carbocycles. The Hall–Kier alpha value is -2.17. The van der Waals surface area contributed by atoms with Crippen molar-refractivity contribution in [2.45, 2.75) is 19.9 Å². The van der Waals surface area contributed by atoms with Crippen molar-refractivity contribution in [2.24, 2.45) is 0 Å². The van der Waals surface area contributed by atoms with Gasteiger partial charge in [-0.25, -0.2) is 4.98 Å². The summed E-state index contributed by atoms with van der Waals surface area (Å²) in [5.74, 6) is 1.40. The molecule has 0 fully saturated rings. The topological polar surface area (TPSA) is 62.7 Å². The van der Waals surface area contributed by atoms with E-state index in [4.69, 9.17) is 0 Å². The van der Waals surface area contributed by atoms with Crippen molar-refractivity contribution in [1.82, 2.24) is 15.0 Å². The number of pyridine rings is 1. The third-order valence-corrected chi connectivity index (χ3v) is 2.68. The minimum atomic E-state index is 0.608. The summed E-state index contributed by atoms with van der Waals surface area (Å²) in [5, 5.41) is 6.17. The van der Waals surface area contributed by atoms with Crippen LogP contribution in [0.1, 0.15) is 18.2 Å². The van der Waals surface area contributed by atoms with Crippen LogP contribution >= 0.6 is 0 Å². The number of hydrogen-bond acceptors (Lipinski definition) is 5. The maximum atomic E-state index is 4.39. The highest BCUT2D eigenvalue weighted by Crippen LogP contribution is 2.10. The quantitative estimate of drug-likeness (QED) is 0.842. The van der Waals surface area contributed by atoms with Gasteiger partial charge in [0.2, 0.25) is 5.95 Å². The number of aromatic nitrogens is 3. The van der Waals surface area contributed by atoms with Gasteiger partial charge in [-0.2, -0.15) is 4.98 Å². The lowest BCUT2D eigenvalue weighted by atomic mass is 10.1. The summed E-state index contributed by atoms with van der Waals surface area (Å²) in [6, 6.07) is 5.91. The molecule has 0 aliphatic carbocycles. The summed E-state index contributed by atoms with van der Waals surface area (Å²) >= 11 is 0. The van der Waals surface area contributed by atoms with Gasteiger partial charge in [-0.15, -0.1) is 0 Å². The van der Waals surface area contributed by atoms with E-state index >= 15 is 0 Å². The van der Waals surface area contributed by atoms with Gasteiger partial charge in [0.15, 0.2) is 0 Å². The molecule has 0 aliphatic rings. The smallest absolute Gasteiger partial charge is 0.224 e. The van der Waals surface area contributed by atoms with E-state index in [9.17, 15) is 0 Å². The van der Waals surface area contributed by atoms with Crippen LogP contribution in [0.25, 0.3) is 0 Å². The van der Waals surface area contributed by atoms with E-state index in [2.05, 4.69) is 38.6 Å². The average Bonchev–Trinajstić information content (AvgIpc) is 2.45. The van der Waals surface area contributed by atoms with Crippen LogP contribution in [0.5, 0.6) is 0 Å². The van der Waals surface area contributed by atoms with Crippen molar-refractivity contribution < 1.29 is 0 Å². The Morgan fingerprint density at radius 2 is 2.06 bits per heavy atom. The van der Waals surface area contributed by atoms with Crippen LogP contribution in [0, 0.1) is 0 Å². The maximum Gasteiger partial charge on any atom is 0.224 e. The molecule has 2 N–H and O–H groups in total. The van der Waals surface area contributed by atoms with Crippen LogP contribution in [-0.2, 0) is 13.0 Å². The second kappa shape index (κ2) is 5.95. The van der Waals surface area contributed by atoms with E-state index in [0.717, 1.165) is 17.9 Å². The molecule has 0 atom stereocenters. The molecule has 2 heterocycles. The van der Waals surface area contributed by atoms with Crippen molar-refractivity contribution in [2.75, 3.05) is 17.7 Å². The summed E-state index contributed by atoms with van der Waals surface area (Å²) in [6.45, 7) is 2.80. The molecular formula is C13H17N5. The number of nitrogens with zero attached hydrogens (tertiary/aromatic N) is 3. The second-order valence-corrected chi connectivity index (χ2v) is 3.83. The Bertz CT molecular complexity index is 512. The third kappa shape index (κ3) is 2.94. The monoisotopic (exact) mass is 243 g/mol. The number of nitrogens with one attached hydrogen (secondary N) is 2. The molecule has 2 aromatic rings. The highest BCUT2D eigenvalue weighted by atomic mass is 15.1. The molecule has 0 aliphatic heterocycles. The summed E-state index contributed by atoms with van der Waals surface area (Å²) in [4.78, 5) is 12.8. The first-order valence-electron chi connectivity index (χ1n) is 6.01. The van der Waals surface area contributed by atoms with E-state index < -0.39 is 0 Å². The zero-order valence-corrected chi connectivity index (χ0v) is 10.6. The van der Waals surface area contributed by atoms with Crippen LogP contribution in [-0.4, -0.2) is 22.0 Å². The predicted octanol–water partition coefficient (Wildman–Crippen LogP) is 2.09. The fraction of sp³-hybridized carbons (Fsp3) is 0.308. The zero-order chi connectivity index (χ0) is 12.8. The molecule has 0 amide bonds. The number of aryl methyl sites for hydroxylation is 1. The van der Waals surface area contributed by atoms with Gasteiger partial charge in [0.05, 0.1) is 12.2 Å². The van der Waals surface area contributed by atoms with Gasteiger partial charge in [-0.1, -0.05) is 13.0 Å². The Labute approximate surface area is 107 Å². The molecule has 2 aromatic heterocycles. The first kappa shape index (κ1) is 12.3. The van der Waals surface area contributed by atoms with Gasteiger partial charge in [0, 0.05) is 19.4 Å². The van der Waals surface area contributed by atoms with Crippen molar-refractivity contribution in [3.63, 3.8) is 0 Å². The first-order valence-corrected chi connectivity index (χ1v) is 6.01. The largest absolute Gasteiger partial charge is 0.364 e. The molecule has 2 rings (SSSR count). The fourth-order valence-electron chi connectivity index (χ4n) is 1.70. The van der Waals surface area contributed by atoms with E-state index in [1.807, 2.05) is 18.3 Å². The molecule has 0 unspecified atom stereocenters. The van der Waals surface area contributed by atoms with Crippen LogP contribution in [0.3, 0.4) is 0 Å². The van der Waals surface area contributed by atoms with Gasteiger partial charge in [0.25, 0.3) is 0 Å². The van der Waals surface area contributed by atoms with Crippen molar-refractivity contribution in [3.05, 3.63) is 41.9 Å². The molecule has 5 heteroatoms. The Morgan fingerprint density at radius 3 is 2.83 bits per heavy atom. The van der Waals surface area contributed by atoms with Crippen LogP contribution in [0.2, 0.25) is 0 Å². The van der Waals surface area contributed by atoms with E-state index in [0.29, 0.717) is 12.5 Å². The van der Waals surface area contributed by atoms with E-state index in [1.165, 1.54) is 5.56 Å². The molecule has 0 radical (unpaired) electrons. The second-order valence-electron chi connectivity index (χ2n) is 3.83. The first-order chi connectivity index (χ1) is 8.83. The fourth-order valence-corrected chi connectivity index (χ4v) is 1.70. The number of anilines is 2. The lowest BCUT2D eigenvalue weighted by Crippen LogP contribution is -2.07. The maximum absolute atomic E-state index is 4.39. The molecule has 5 nitrogen and oxygen atoms in total. The summed E-state index contributed by atoms with van der Waals surface area (Å²) in [6.07, 6.45) is 4.52. The SMILES string of the molecule is CCc1cccnc1CNc1ccnc(NC)n1. The third-order valence-electron chi connectivity index (χ3n) is 2.68. The highest BCUT2D eigenvalue weighted by molar-refractivity contribution is 5.40. The molecule has 94 valence electrons. The lowest BCUT2D eigenvalue weighted by Gasteiger charge is -2.09. The minimum absolute atomic E-state index is 0.608. The zero-order valence-electron chi connectivity index (χ0n) is 10.6. The predicted molar refractivity (Wildman–Crippen MR) is 72.5 cm³/mol. The van der Waals surface area contributed by atoms with Crippen molar-refractivity contribution >= 4 is 11.8 Å². The summed E-state index contributed by atoms with van der Waals surface area (Å²) < 4.78 is 0. The Balaban J connectivity index is 2.06. The summed E-state index contributed by atoms with van der Waals surface area (Å²) in [5.41, 5.74) is 2.32. The molecule has 0 aromatic carbocycles. The average molecular weight is 243 g/mol. The van der Waals surface area contributed by atoms with Crippen LogP contribution < -0.4 is 10.6 Å². The van der Waals surface area contributed by atoms with Gasteiger partial charge >= 0.3 is 0 Å². The Kier molecular flexibility index (Phi) is 4.06. The standard InChI is InChI=1S/C13H17N5/c1-3-10-5-4-7-15-11(10)9-17-12-6-8-16-13(14-2)18-12/h4-8H,3,9H2,1-2H3,(H2,14,16,17,18). The van der Waals surface area contributed by atoms with E-state index in [-0.39, 0.29) is 0 Å². The molecule has 0 saturated heterocycles. The van der Waals surface area contributed by atoms with Crippen molar-refractivity contribution in [3.8, 4) is 0 Å². The Morgan fingerprint density at radius 1 is 1.17 bits per heavy atom. The molecule has 18 heavy (non-hydrogen) atoms. The van der Waals surface area contributed by atoms with Gasteiger partial charge in [-0.3, -0.25) is 4.98 Å². The lowest BCUT2D eigenvalue weighted by molar-refractivity contribution is 0.961. The normalized spacial score (nSPS) is 10.1.